The van der Waals surface area contributed by atoms with E-state index in [1.165, 1.54) is 12.7 Å². The Hall–Kier alpha value is -1.75. The van der Waals surface area contributed by atoms with E-state index >= 15 is 0 Å². The summed E-state index contributed by atoms with van der Waals surface area (Å²) in [5.41, 5.74) is 0.909. The maximum atomic E-state index is 11.6. The second-order valence-electron chi connectivity index (χ2n) is 5.53. The number of nitrogens with one attached hydrogen (secondary N) is 1. The highest BCUT2D eigenvalue weighted by atomic mass is 16.7. The van der Waals surface area contributed by atoms with Crippen LogP contribution in [-0.2, 0) is 16.0 Å². The summed E-state index contributed by atoms with van der Waals surface area (Å²) in [6.45, 7) is 5.20. The Morgan fingerprint density at radius 2 is 2.14 bits per heavy atom. The summed E-state index contributed by atoms with van der Waals surface area (Å²) in [6.07, 6.45) is 2.06. The average molecular weight is 293 g/mol. The van der Waals surface area contributed by atoms with Gasteiger partial charge in [0.15, 0.2) is 11.5 Å². The normalized spacial score (nSPS) is 15.6. The zero-order chi connectivity index (χ0) is 15.3. The van der Waals surface area contributed by atoms with Gasteiger partial charge in [-0.2, -0.15) is 0 Å². The molecule has 0 aromatic heterocycles. The molecule has 21 heavy (non-hydrogen) atoms. The lowest BCUT2D eigenvalue weighted by molar-refractivity contribution is -0.142. The van der Waals surface area contributed by atoms with Gasteiger partial charge < -0.3 is 19.5 Å². The fourth-order valence-electron chi connectivity index (χ4n) is 2.57. The van der Waals surface area contributed by atoms with Crippen molar-refractivity contribution in [1.29, 1.82) is 0 Å². The van der Waals surface area contributed by atoms with Crippen molar-refractivity contribution < 1.29 is 19.0 Å². The van der Waals surface area contributed by atoms with Gasteiger partial charge in [-0.3, -0.25) is 4.79 Å². The van der Waals surface area contributed by atoms with Crippen LogP contribution in [0.2, 0.25) is 0 Å². The molecule has 0 amide bonds. The van der Waals surface area contributed by atoms with Crippen molar-refractivity contribution in [2.45, 2.75) is 38.6 Å². The average Bonchev–Trinajstić information content (AvgIpc) is 2.92. The zero-order valence-corrected chi connectivity index (χ0v) is 12.9. The monoisotopic (exact) mass is 293 g/mol. The van der Waals surface area contributed by atoms with E-state index < -0.39 is 0 Å². The van der Waals surface area contributed by atoms with Crippen molar-refractivity contribution in [1.82, 2.24) is 5.32 Å². The van der Waals surface area contributed by atoms with E-state index in [0.717, 1.165) is 30.9 Å². The highest BCUT2D eigenvalue weighted by Gasteiger charge is 2.27. The summed E-state index contributed by atoms with van der Waals surface area (Å²) in [7, 11) is 1.42. The van der Waals surface area contributed by atoms with Crippen molar-refractivity contribution in [2.24, 2.45) is 0 Å². The maximum absolute atomic E-state index is 11.6. The fourth-order valence-corrected chi connectivity index (χ4v) is 2.57. The first-order chi connectivity index (χ1) is 10.1. The van der Waals surface area contributed by atoms with Crippen molar-refractivity contribution >= 4 is 5.97 Å². The molecule has 0 fully saturated rings. The van der Waals surface area contributed by atoms with Crippen molar-refractivity contribution in [2.75, 3.05) is 20.4 Å². The SMILES string of the molecule is CCNC(C)(CCc1ccc2c(c1)OCO2)CC(=O)OC. The minimum absolute atomic E-state index is 0.191. The maximum Gasteiger partial charge on any atom is 0.307 e. The minimum atomic E-state index is -0.266. The van der Waals surface area contributed by atoms with Crippen LogP contribution in [0.5, 0.6) is 11.5 Å². The molecule has 1 atom stereocenters. The van der Waals surface area contributed by atoms with E-state index in [-0.39, 0.29) is 18.3 Å². The van der Waals surface area contributed by atoms with Gasteiger partial charge >= 0.3 is 5.97 Å². The molecule has 1 heterocycles. The van der Waals surface area contributed by atoms with Gasteiger partial charge in [0, 0.05) is 5.54 Å². The second-order valence-corrected chi connectivity index (χ2v) is 5.53. The van der Waals surface area contributed by atoms with E-state index in [4.69, 9.17) is 14.2 Å². The van der Waals surface area contributed by atoms with E-state index in [1.807, 2.05) is 25.1 Å². The number of benzene rings is 1. The number of rotatable bonds is 7. The van der Waals surface area contributed by atoms with Crippen LogP contribution in [-0.4, -0.2) is 32.0 Å². The molecule has 0 aliphatic carbocycles. The molecular weight excluding hydrogens is 270 g/mol. The number of fused-ring (bicyclic) bond motifs is 1. The number of hydrogen-bond donors (Lipinski definition) is 1. The topological polar surface area (TPSA) is 56.8 Å². The Morgan fingerprint density at radius 1 is 1.38 bits per heavy atom. The molecule has 116 valence electrons. The van der Waals surface area contributed by atoms with E-state index in [2.05, 4.69) is 12.2 Å². The summed E-state index contributed by atoms with van der Waals surface area (Å²) < 4.78 is 15.5. The number of carbonyl (C=O) groups is 1. The Balaban J connectivity index is 1.99. The smallest absolute Gasteiger partial charge is 0.307 e. The van der Waals surface area contributed by atoms with Gasteiger partial charge in [-0.25, -0.2) is 0 Å². The van der Waals surface area contributed by atoms with Crippen LogP contribution in [0.15, 0.2) is 18.2 Å². The Bertz CT molecular complexity index is 503. The summed E-state index contributed by atoms with van der Waals surface area (Å²) in [5, 5.41) is 3.39. The Morgan fingerprint density at radius 3 is 2.86 bits per heavy atom. The first-order valence-corrected chi connectivity index (χ1v) is 7.27. The molecule has 0 saturated heterocycles. The molecule has 1 N–H and O–H groups in total. The molecular formula is C16H23NO4. The molecule has 1 aromatic carbocycles. The van der Waals surface area contributed by atoms with Crippen molar-refractivity contribution in [3.05, 3.63) is 23.8 Å². The summed E-state index contributed by atoms with van der Waals surface area (Å²) >= 11 is 0. The van der Waals surface area contributed by atoms with Crippen molar-refractivity contribution in [3.8, 4) is 11.5 Å². The molecule has 1 aromatic rings. The molecule has 1 aliphatic rings. The molecule has 2 rings (SSSR count). The van der Waals surface area contributed by atoms with Gasteiger partial charge in [-0.15, -0.1) is 0 Å². The molecule has 5 heteroatoms. The molecule has 0 radical (unpaired) electrons. The van der Waals surface area contributed by atoms with Gasteiger partial charge in [0.1, 0.15) is 0 Å². The van der Waals surface area contributed by atoms with E-state index in [0.29, 0.717) is 6.42 Å². The summed E-state index contributed by atoms with van der Waals surface area (Å²) in [6, 6.07) is 5.98. The van der Waals surface area contributed by atoms with Crippen LogP contribution in [0.25, 0.3) is 0 Å². The van der Waals surface area contributed by atoms with Crippen LogP contribution in [0.3, 0.4) is 0 Å². The molecule has 0 spiro atoms. The largest absolute Gasteiger partial charge is 0.469 e. The number of methoxy groups -OCH3 is 1. The van der Waals surface area contributed by atoms with Crippen LogP contribution < -0.4 is 14.8 Å². The third-order valence-corrected chi connectivity index (χ3v) is 3.77. The van der Waals surface area contributed by atoms with Crippen LogP contribution >= 0.6 is 0 Å². The Labute approximate surface area is 125 Å². The molecule has 1 aliphatic heterocycles. The van der Waals surface area contributed by atoms with Gasteiger partial charge in [0.2, 0.25) is 6.79 Å². The first-order valence-electron chi connectivity index (χ1n) is 7.27. The number of ether oxygens (including phenoxy) is 3. The lowest BCUT2D eigenvalue weighted by atomic mass is 9.89. The molecule has 0 saturated carbocycles. The van der Waals surface area contributed by atoms with E-state index in [9.17, 15) is 4.79 Å². The standard InChI is InChI=1S/C16H23NO4/c1-4-17-16(2,10-15(18)19-3)8-7-12-5-6-13-14(9-12)21-11-20-13/h5-6,9,17H,4,7-8,10-11H2,1-3H3. The third kappa shape index (κ3) is 4.11. The fraction of sp³-hybridized carbons (Fsp3) is 0.562. The number of esters is 1. The van der Waals surface area contributed by atoms with Crippen molar-refractivity contribution in [3.63, 3.8) is 0 Å². The number of carbonyl (C=O) groups excluding carboxylic acids is 1. The van der Waals surface area contributed by atoms with Crippen LogP contribution in [0, 0.1) is 0 Å². The Kier molecular flexibility index (Phi) is 5.07. The van der Waals surface area contributed by atoms with Gasteiger partial charge in [-0.1, -0.05) is 13.0 Å². The summed E-state index contributed by atoms with van der Waals surface area (Å²) in [5.74, 6) is 1.40. The van der Waals surface area contributed by atoms with E-state index in [1.54, 1.807) is 0 Å². The third-order valence-electron chi connectivity index (χ3n) is 3.77. The number of hydrogen-bond acceptors (Lipinski definition) is 5. The second kappa shape index (κ2) is 6.80. The first kappa shape index (κ1) is 15.6. The lowest BCUT2D eigenvalue weighted by Gasteiger charge is -2.29. The van der Waals surface area contributed by atoms with Gasteiger partial charge in [0.05, 0.1) is 13.5 Å². The number of aryl methyl sites for hydroxylation is 1. The lowest BCUT2D eigenvalue weighted by Crippen LogP contribution is -2.44. The highest BCUT2D eigenvalue weighted by Crippen LogP contribution is 2.33. The predicted molar refractivity (Wildman–Crippen MR) is 79.6 cm³/mol. The van der Waals surface area contributed by atoms with Gasteiger partial charge in [0.25, 0.3) is 0 Å². The quantitative estimate of drug-likeness (QED) is 0.782. The highest BCUT2D eigenvalue weighted by molar-refractivity contribution is 5.70. The summed E-state index contributed by atoms with van der Waals surface area (Å²) in [4.78, 5) is 11.6. The van der Waals surface area contributed by atoms with Crippen LogP contribution in [0.1, 0.15) is 32.3 Å². The van der Waals surface area contributed by atoms with Gasteiger partial charge in [-0.05, 0) is 44.0 Å². The van der Waals surface area contributed by atoms with Crippen LogP contribution in [0.4, 0.5) is 0 Å². The predicted octanol–water partition coefficient (Wildman–Crippen LogP) is 2.28. The zero-order valence-electron chi connectivity index (χ0n) is 12.9. The molecule has 0 bridgehead atoms. The molecule has 1 unspecified atom stereocenters. The molecule has 5 nitrogen and oxygen atoms in total. The minimum Gasteiger partial charge on any atom is -0.469 e.